The van der Waals surface area contributed by atoms with Crippen molar-refractivity contribution in [3.63, 3.8) is 0 Å². The molecule has 0 spiro atoms. The second-order valence-electron chi connectivity index (χ2n) is 4.56. The Labute approximate surface area is 152 Å². The minimum atomic E-state index is -3.45. The lowest BCUT2D eigenvalue weighted by molar-refractivity contribution is 0.602. The minimum Gasteiger partial charge on any atom is -0.224 e. The van der Waals surface area contributed by atoms with E-state index in [4.69, 9.17) is 34.8 Å². The van der Waals surface area contributed by atoms with Crippen LogP contribution in [0.1, 0.15) is 11.1 Å². The molecule has 0 fully saturated rings. The highest BCUT2D eigenvalue weighted by molar-refractivity contribution is 9.10. The zero-order valence-corrected chi connectivity index (χ0v) is 15.9. The summed E-state index contributed by atoms with van der Waals surface area (Å²) in [7, 11) is -3.45. The van der Waals surface area contributed by atoms with Crippen molar-refractivity contribution in [3.8, 4) is 0 Å². The molecule has 0 atom stereocenters. The van der Waals surface area contributed by atoms with Crippen LogP contribution in [-0.4, -0.2) is 14.7 Å². The summed E-state index contributed by atoms with van der Waals surface area (Å²) >= 11 is 21.3. The van der Waals surface area contributed by atoms with E-state index in [1.807, 2.05) is 24.3 Å². The second kappa shape index (κ2) is 6.93. The molecule has 0 unspecified atom stereocenters. The van der Waals surface area contributed by atoms with E-state index in [1.54, 1.807) is 6.07 Å². The van der Waals surface area contributed by atoms with Crippen molar-refractivity contribution in [1.82, 2.24) is 0 Å². The van der Waals surface area contributed by atoms with Gasteiger partial charge in [0.15, 0.2) is 9.84 Å². The van der Waals surface area contributed by atoms with Crippen LogP contribution in [0.5, 0.6) is 0 Å². The van der Waals surface area contributed by atoms with Gasteiger partial charge in [0.1, 0.15) is 4.49 Å². The Bertz CT molecular complexity index is 840. The molecule has 0 saturated carbocycles. The van der Waals surface area contributed by atoms with E-state index >= 15 is 0 Å². The van der Waals surface area contributed by atoms with Gasteiger partial charge in [-0.15, -0.1) is 0 Å². The number of rotatable bonds is 3. The minimum absolute atomic E-state index is 0.0378. The highest BCUT2D eigenvalue weighted by atomic mass is 79.9. The molecule has 2 aromatic rings. The first-order valence-electron chi connectivity index (χ1n) is 6.01. The van der Waals surface area contributed by atoms with Gasteiger partial charge < -0.3 is 0 Å². The maximum atomic E-state index is 11.8. The summed E-state index contributed by atoms with van der Waals surface area (Å²) in [5, 5.41) is 0.159. The smallest absolute Gasteiger partial charge is 0.177 e. The van der Waals surface area contributed by atoms with Gasteiger partial charge in [0, 0.05) is 16.3 Å². The average molecular weight is 441 g/mol. The molecule has 2 nitrogen and oxygen atoms in total. The molecular formula is C15H10BrCl3O2S. The van der Waals surface area contributed by atoms with Crippen molar-refractivity contribution in [1.29, 1.82) is 0 Å². The summed E-state index contributed by atoms with van der Waals surface area (Å²) in [5.74, 6) is 0. The first-order chi connectivity index (χ1) is 10.2. The fourth-order valence-electron chi connectivity index (χ4n) is 1.94. The molecule has 0 bridgehead atoms. The Kier molecular flexibility index (Phi) is 5.62. The molecule has 0 amide bonds. The third kappa shape index (κ3) is 4.06. The lowest BCUT2D eigenvalue weighted by atomic mass is 10.00. The average Bonchev–Trinajstić information content (AvgIpc) is 2.41. The SMILES string of the molecule is CS(=O)(=O)c1cc(C(=C(Cl)Cl)c2ccc(Br)cc2)ccc1Cl. The van der Waals surface area contributed by atoms with Gasteiger partial charge in [0.05, 0.1) is 9.92 Å². The summed E-state index contributed by atoms with van der Waals surface area (Å²) in [5.41, 5.74) is 1.88. The van der Waals surface area contributed by atoms with Crippen molar-refractivity contribution >= 4 is 66.1 Å². The van der Waals surface area contributed by atoms with Crippen LogP contribution in [0.3, 0.4) is 0 Å². The standard InChI is InChI=1S/C15H10BrCl3O2S/c1-22(20,21)13-8-10(4-7-12(13)17)14(15(18)19)9-2-5-11(16)6-3-9/h2-8H,1H3. The first kappa shape index (κ1) is 17.8. The molecule has 0 saturated heterocycles. The Balaban J connectivity index is 2.66. The fraction of sp³-hybridized carbons (Fsp3) is 0.0667. The Hall–Kier alpha value is -0.520. The van der Waals surface area contributed by atoms with Crippen LogP contribution in [0.2, 0.25) is 5.02 Å². The van der Waals surface area contributed by atoms with Crippen molar-refractivity contribution in [2.24, 2.45) is 0 Å². The molecule has 22 heavy (non-hydrogen) atoms. The van der Waals surface area contributed by atoms with E-state index < -0.39 is 9.84 Å². The number of hydrogen-bond donors (Lipinski definition) is 0. The first-order valence-corrected chi connectivity index (χ1v) is 9.83. The molecule has 116 valence electrons. The van der Waals surface area contributed by atoms with Gasteiger partial charge in [-0.1, -0.05) is 68.9 Å². The van der Waals surface area contributed by atoms with Gasteiger partial charge in [-0.25, -0.2) is 8.42 Å². The molecule has 0 heterocycles. The summed E-state index contributed by atoms with van der Waals surface area (Å²) < 4.78 is 24.6. The molecule has 0 N–H and O–H groups in total. The molecule has 7 heteroatoms. The molecule has 2 rings (SSSR count). The topological polar surface area (TPSA) is 34.1 Å². The zero-order valence-electron chi connectivity index (χ0n) is 11.3. The van der Waals surface area contributed by atoms with E-state index in [0.29, 0.717) is 11.1 Å². The summed E-state index contributed by atoms with van der Waals surface area (Å²) in [4.78, 5) is 0.0378. The van der Waals surface area contributed by atoms with E-state index in [9.17, 15) is 8.42 Å². The van der Waals surface area contributed by atoms with Crippen LogP contribution in [0, 0.1) is 0 Å². The molecule has 0 radical (unpaired) electrons. The van der Waals surface area contributed by atoms with E-state index in [-0.39, 0.29) is 14.4 Å². The third-order valence-electron chi connectivity index (χ3n) is 2.94. The Morgan fingerprint density at radius 1 is 1.00 bits per heavy atom. The van der Waals surface area contributed by atoms with Crippen molar-refractivity contribution in [2.45, 2.75) is 4.90 Å². The van der Waals surface area contributed by atoms with Crippen molar-refractivity contribution in [2.75, 3.05) is 6.26 Å². The lowest BCUT2D eigenvalue weighted by Gasteiger charge is -2.11. The molecular weight excluding hydrogens is 430 g/mol. The predicted molar refractivity (Wildman–Crippen MR) is 96.4 cm³/mol. The van der Waals surface area contributed by atoms with Crippen LogP contribution in [-0.2, 0) is 9.84 Å². The van der Waals surface area contributed by atoms with Gasteiger partial charge in [0.25, 0.3) is 0 Å². The molecule has 2 aromatic carbocycles. The number of benzene rings is 2. The van der Waals surface area contributed by atoms with Gasteiger partial charge >= 0.3 is 0 Å². The lowest BCUT2D eigenvalue weighted by Crippen LogP contribution is -2.00. The van der Waals surface area contributed by atoms with E-state index in [0.717, 1.165) is 16.3 Å². The normalized spacial score (nSPS) is 11.3. The molecule has 0 aliphatic rings. The van der Waals surface area contributed by atoms with Gasteiger partial charge in [0.2, 0.25) is 0 Å². The van der Waals surface area contributed by atoms with Crippen molar-refractivity contribution < 1.29 is 8.42 Å². The second-order valence-corrected chi connectivity index (χ2v) is 8.82. The molecule has 0 aliphatic heterocycles. The van der Waals surface area contributed by atoms with Gasteiger partial charge in [-0.3, -0.25) is 0 Å². The Morgan fingerprint density at radius 3 is 2.05 bits per heavy atom. The highest BCUT2D eigenvalue weighted by Gasteiger charge is 2.16. The predicted octanol–water partition coefficient (Wildman–Crippen LogP) is 5.70. The zero-order chi connectivity index (χ0) is 16.5. The maximum Gasteiger partial charge on any atom is 0.177 e. The van der Waals surface area contributed by atoms with Crippen LogP contribution >= 0.6 is 50.7 Å². The monoisotopic (exact) mass is 438 g/mol. The van der Waals surface area contributed by atoms with E-state index in [2.05, 4.69) is 15.9 Å². The summed E-state index contributed by atoms with van der Waals surface area (Å²) in [6, 6.07) is 12.0. The molecule has 0 aromatic heterocycles. The molecule has 0 aliphatic carbocycles. The highest BCUT2D eigenvalue weighted by Crippen LogP contribution is 2.34. The number of hydrogen-bond acceptors (Lipinski definition) is 2. The number of halogens is 4. The quantitative estimate of drug-likeness (QED) is 0.613. The third-order valence-corrected chi connectivity index (χ3v) is 5.43. The van der Waals surface area contributed by atoms with E-state index in [1.165, 1.54) is 12.1 Å². The summed E-state index contributed by atoms with van der Waals surface area (Å²) in [6.07, 6.45) is 1.10. The Morgan fingerprint density at radius 2 is 1.55 bits per heavy atom. The van der Waals surface area contributed by atoms with Crippen LogP contribution in [0.25, 0.3) is 5.57 Å². The van der Waals surface area contributed by atoms with Gasteiger partial charge in [-0.05, 0) is 35.4 Å². The van der Waals surface area contributed by atoms with Crippen molar-refractivity contribution in [3.05, 3.63) is 67.6 Å². The number of sulfone groups is 1. The van der Waals surface area contributed by atoms with Gasteiger partial charge in [-0.2, -0.15) is 0 Å². The largest absolute Gasteiger partial charge is 0.224 e. The van der Waals surface area contributed by atoms with Crippen LogP contribution < -0.4 is 0 Å². The van der Waals surface area contributed by atoms with Crippen LogP contribution in [0.4, 0.5) is 0 Å². The maximum absolute atomic E-state index is 11.8. The van der Waals surface area contributed by atoms with Crippen LogP contribution in [0.15, 0.2) is 56.3 Å². The summed E-state index contributed by atoms with van der Waals surface area (Å²) in [6.45, 7) is 0. The fourth-order valence-corrected chi connectivity index (χ4v) is 3.95.